The molecule has 0 bridgehead atoms. The van der Waals surface area contributed by atoms with Crippen molar-refractivity contribution in [3.8, 4) is 0 Å². The molecule has 1 N–H and O–H groups in total. The maximum atomic E-state index is 13.0. The van der Waals surface area contributed by atoms with E-state index in [1.54, 1.807) is 14.9 Å². The van der Waals surface area contributed by atoms with Gasteiger partial charge in [0, 0.05) is 30.7 Å². The van der Waals surface area contributed by atoms with E-state index in [0.717, 1.165) is 19.3 Å². The van der Waals surface area contributed by atoms with Gasteiger partial charge in [-0.2, -0.15) is 4.31 Å². The van der Waals surface area contributed by atoms with Gasteiger partial charge in [0.2, 0.25) is 0 Å². The number of sulfonamides is 1. The van der Waals surface area contributed by atoms with Crippen LogP contribution in [0.25, 0.3) is 4.96 Å². The van der Waals surface area contributed by atoms with Crippen molar-refractivity contribution in [1.29, 1.82) is 0 Å². The summed E-state index contributed by atoms with van der Waals surface area (Å²) >= 11 is 1.44. The van der Waals surface area contributed by atoms with Gasteiger partial charge < -0.3 is 5.32 Å². The van der Waals surface area contributed by atoms with Crippen LogP contribution in [0.2, 0.25) is 0 Å². The molecule has 1 fully saturated rings. The highest BCUT2D eigenvalue weighted by atomic mass is 32.2. The first-order chi connectivity index (χ1) is 10.1. The van der Waals surface area contributed by atoms with Gasteiger partial charge in [-0.1, -0.05) is 6.92 Å². The van der Waals surface area contributed by atoms with Crippen LogP contribution in [0, 0.1) is 0 Å². The number of nitrogens with zero attached hydrogens (tertiary/aromatic N) is 3. The second-order valence-electron chi connectivity index (χ2n) is 5.35. The summed E-state index contributed by atoms with van der Waals surface area (Å²) < 4.78 is 29.3. The predicted octanol–water partition coefficient (Wildman–Crippen LogP) is 2.39. The maximum absolute atomic E-state index is 13.0. The molecular weight excluding hydrogens is 308 g/mol. The van der Waals surface area contributed by atoms with Crippen LogP contribution in [-0.2, 0) is 10.0 Å². The number of thiazole rings is 1. The highest BCUT2D eigenvalue weighted by molar-refractivity contribution is 7.89. The molecule has 1 aliphatic heterocycles. The summed E-state index contributed by atoms with van der Waals surface area (Å²) in [6.07, 6.45) is 4.54. The zero-order valence-electron chi connectivity index (χ0n) is 12.2. The van der Waals surface area contributed by atoms with E-state index >= 15 is 0 Å². The number of imidazole rings is 1. The molecule has 3 rings (SSSR count). The van der Waals surface area contributed by atoms with E-state index in [0.29, 0.717) is 23.9 Å². The number of nitrogens with one attached hydrogen (secondary N) is 1. The van der Waals surface area contributed by atoms with Crippen molar-refractivity contribution in [2.75, 3.05) is 18.4 Å². The second kappa shape index (κ2) is 5.58. The molecule has 6 nitrogen and oxygen atoms in total. The van der Waals surface area contributed by atoms with Crippen molar-refractivity contribution in [1.82, 2.24) is 13.7 Å². The molecule has 1 atom stereocenters. The van der Waals surface area contributed by atoms with Gasteiger partial charge in [0.1, 0.15) is 0 Å². The van der Waals surface area contributed by atoms with E-state index in [1.807, 2.05) is 19.2 Å². The van der Waals surface area contributed by atoms with Crippen LogP contribution in [0.3, 0.4) is 0 Å². The Morgan fingerprint density at radius 2 is 2.33 bits per heavy atom. The van der Waals surface area contributed by atoms with Gasteiger partial charge in [-0.15, -0.1) is 11.3 Å². The van der Waals surface area contributed by atoms with Crippen LogP contribution in [0.15, 0.2) is 16.6 Å². The van der Waals surface area contributed by atoms with Gasteiger partial charge in [0.25, 0.3) is 10.0 Å². The number of anilines is 1. The average Bonchev–Trinajstić information content (AvgIpc) is 3.10. The van der Waals surface area contributed by atoms with Crippen molar-refractivity contribution in [2.45, 2.75) is 44.2 Å². The van der Waals surface area contributed by atoms with Crippen LogP contribution in [0.1, 0.15) is 33.1 Å². The summed E-state index contributed by atoms with van der Waals surface area (Å²) in [5, 5.41) is 5.29. The van der Waals surface area contributed by atoms with Crippen molar-refractivity contribution in [2.24, 2.45) is 0 Å². The molecule has 0 saturated carbocycles. The molecule has 116 valence electrons. The van der Waals surface area contributed by atoms with E-state index in [4.69, 9.17) is 0 Å². The van der Waals surface area contributed by atoms with E-state index < -0.39 is 10.0 Å². The van der Waals surface area contributed by atoms with Crippen molar-refractivity contribution >= 4 is 32.1 Å². The quantitative estimate of drug-likeness (QED) is 0.915. The molecular formula is C13H20N4O2S2. The van der Waals surface area contributed by atoms with Crippen LogP contribution in [0.5, 0.6) is 0 Å². The predicted molar refractivity (Wildman–Crippen MR) is 84.4 cm³/mol. The largest absolute Gasteiger partial charge is 0.368 e. The summed E-state index contributed by atoms with van der Waals surface area (Å²) in [7, 11) is -3.52. The minimum atomic E-state index is -3.52. The lowest BCUT2D eigenvalue weighted by atomic mass is 10.3. The zero-order chi connectivity index (χ0) is 15.0. The minimum absolute atomic E-state index is 0.0539. The van der Waals surface area contributed by atoms with Crippen LogP contribution in [-0.4, -0.2) is 41.2 Å². The number of rotatable bonds is 5. The summed E-state index contributed by atoms with van der Waals surface area (Å²) in [6.45, 7) is 5.31. The lowest BCUT2D eigenvalue weighted by molar-refractivity contribution is 0.406. The molecule has 2 aromatic rings. The summed E-state index contributed by atoms with van der Waals surface area (Å²) in [4.78, 5) is 5.14. The monoisotopic (exact) mass is 328 g/mol. The summed E-state index contributed by atoms with van der Waals surface area (Å²) in [6, 6.07) is 0.0539. The molecule has 2 aromatic heterocycles. The Morgan fingerprint density at radius 1 is 1.52 bits per heavy atom. The van der Waals surface area contributed by atoms with Gasteiger partial charge in [-0.25, -0.2) is 13.4 Å². The Bertz CT molecular complexity index is 735. The van der Waals surface area contributed by atoms with Crippen LogP contribution < -0.4 is 5.32 Å². The molecule has 3 heterocycles. The van der Waals surface area contributed by atoms with Gasteiger partial charge in [-0.05, 0) is 26.2 Å². The third kappa shape index (κ3) is 2.45. The molecule has 0 amide bonds. The highest BCUT2D eigenvalue weighted by Crippen LogP contribution is 2.32. The maximum Gasteiger partial charge on any atom is 0.263 e. The van der Waals surface area contributed by atoms with Crippen molar-refractivity contribution < 1.29 is 8.42 Å². The number of aromatic nitrogens is 2. The van der Waals surface area contributed by atoms with Gasteiger partial charge in [-0.3, -0.25) is 4.40 Å². The lowest BCUT2D eigenvalue weighted by Gasteiger charge is -2.21. The first-order valence-corrected chi connectivity index (χ1v) is 9.59. The number of fused-ring (bicyclic) bond motifs is 1. The normalized spacial score (nSPS) is 20.4. The molecule has 1 aliphatic rings. The summed E-state index contributed by atoms with van der Waals surface area (Å²) in [5.41, 5.74) is 0. The van der Waals surface area contributed by atoms with Crippen molar-refractivity contribution in [3.05, 3.63) is 11.6 Å². The Kier molecular flexibility index (Phi) is 3.94. The molecule has 1 saturated heterocycles. The molecule has 1 unspecified atom stereocenters. The van der Waals surface area contributed by atoms with E-state index in [-0.39, 0.29) is 11.1 Å². The van der Waals surface area contributed by atoms with Crippen LogP contribution >= 0.6 is 11.3 Å². The fraction of sp³-hybridized carbons (Fsp3) is 0.615. The summed E-state index contributed by atoms with van der Waals surface area (Å²) in [5.74, 6) is 0.475. The Hall–Kier alpha value is -1.12. The molecule has 0 aromatic carbocycles. The van der Waals surface area contributed by atoms with E-state index in [9.17, 15) is 8.42 Å². The van der Waals surface area contributed by atoms with Gasteiger partial charge in [0.15, 0.2) is 15.8 Å². The van der Waals surface area contributed by atoms with E-state index in [1.165, 1.54) is 11.3 Å². The highest BCUT2D eigenvalue weighted by Gasteiger charge is 2.37. The molecule has 8 heteroatoms. The molecule has 0 spiro atoms. The van der Waals surface area contributed by atoms with Gasteiger partial charge >= 0.3 is 0 Å². The lowest BCUT2D eigenvalue weighted by Crippen LogP contribution is -2.34. The first kappa shape index (κ1) is 14.8. The Balaban J connectivity index is 2.10. The van der Waals surface area contributed by atoms with E-state index in [2.05, 4.69) is 10.3 Å². The SMILES string of the molecule is CCCNc1nc2sccn2c1S(=O)(=O)N1CCCC1C. The number of hydrogen-bond acceptors (Lipinski definition) is 5. The molecule has 21 heavy (non-hydrogen) atoms. The Labute approximate surface area is 128 Å². The Morgan fingerprint density at radius 3 is 3.00 bits per heavy atom. The fourth-order valence-corrected chi connectivity index (χ4v) is 5.45. The zero-order valence-corrected chi connectivity index (χ0v) is 13.9. The number of hydrogen-bond donors (Lipinski definition) is 1. The first-order valence-electron chi connectivity index (χ1n) is 7.27. The standard InChI is InChI=1S/C13H20N4O2S2/c1-3-6-14-11-12(16-8-9-20-13(16)15-11)21(18,19)17-7-4-5-10(17)2/h8-10,14H,3-7H2,1-2H3. The fourth-order valence-electron chi connectivity index (χ4n) is 2.75. The topological polar surface area (TPSA) is 66.7 Å². The third-order valence-electron chi connectivity index (χ3n) is 3.81. The minimum Gasteiger partial charge on any atom is -0.368 e. The second-order valence-corrected chi connectivity index (χ2v) is 8.03. The van der Waals surface area contributed by atoms with Gasteiger partial charge in [0.05, 0.1) is 0 Å². The van der Waals surface area contributed by atoms with Crippen LogP contribution in [0.4, 0.5) is 5.82 Å². The molecule has 0 radical (unpaired) electrons. The van der Waals surface area contributed by atoms with Crippen molar-refractivity contribution in [3.63, 3.8) is 0 Å². The molecule has 0 aliphatic carbocycles. The average molecular weight is 328 g/mol. The third-order valence-corrected chi connectivity index (χ3v) is 6.60. The smallest absolute Gasteiger partial charge is 0.263 e.